The Balaban J connectivity index is 1.81. The lowest BCUT2D eigenvalue weighted by atomic mass is 10.1. The highest BCUT2D eigenvalue weighted by molar-refractivity contribution is 7.89. The first-order valence-corrected chi connectivity index (χ1v) is 11.0. The third-order valence-corrected chi connectivity index (χ3v) is 6.68. The van der Waals surface area contributed by atoms with Gasteiger partial charge in [-0.1, -0.05) is 11.6 Å². The number of thiophene rings is 1. The molecule has 0 spiro atoms. The Morgan fingerprint density at radius 3 is 2.77 bits per heavy atom. The molecule has 0 radical (unpaired) electrons. The molecule has 1 aromatic carbocycles. The van der Waals surface area contributed by atoms with Gasteiger partial charge in [-0.05, 0) is 40.6 Å². The van der Waals surface area contributed by atoms with Crippen molar-refractivity contribution in [1.82, 2.24) is 9.62 Å². The summed E-state index contributed by atoms with van der Waals surface area (Å²) in [5, 5.41) is 4.39. The number of methoxy groups -OCH3 is 1. The summed E-state index contributed by atoms with van der Waals surface area (Å²) in [6.07, 6.45) is 0. The molecular formula is C17H21ClN2O4S2. The van der Waals surface area contributed by atoms with E-state index in [-0.39, 0.29) is 23.2 Å². The highest BCUT2D eigenvalue weighted by atomic mass is 35.5. The van der Waals surface area contributed by atoms with Gasteiger partial charge in [0, 0.05) is 30.7 Å². The van der Waals surface area contributed by atoms with Crippen molar-refractivity contribution in [1.29, 1.82) is 0 Å². The number of nitrogens with zero attached hydrogens (tertiary/aromatic N) is 1. The third kappa shape index (κ3) is 4.57. The summed E-state index contributed by atoms with van der Waals surface area (Å²) in [5.74, 6) is 0.264. The van der Waals surface area contributed by atoms with Crippen molar-refractivity contribution in [2.75, 3.05) is 40.0 Å². The molecule has 1 saturated heterocycles. The first-order valence-electron chi connectivity index (χ1n) is 8.18. The largest absolute Gasteiger partial charge is 0.495 e. The maximum absolute atomic E-state index is 12.8. The van der Waals surface area contributed by atoms with Crippen LogP contribution in [0.15, 0.2) is 39.9 Å². The Morgan fingerprint density at radius 1 is 1.35 bits per heavy atom. The summed E-state index contributed by atoms with van der Waals surface area (Å²) in [4.78, 5) is 2.28. The molecule has 3 rings (SSSR count). The van der Waals surface area contributed by atoms with Crippen LogP contribution in [0.3, 0.4) is 0 Å². The molecule has 9 heteroatoms. The van der Waals surface area contributed by atoms with Gasteiger partial charge in [0.25, 0.3) is 0 Å². The lowest BCUT2D eigenvalue weighted by Crippen LogP contribution is -2.43. The first-order chi connectivity index (χ1) is 12.5. The number of halogens is 1. The molecule has 0 amide bonds. The van der Waals surface area contributed by atoms with Crippen LogP contribution in [0.2, 0.25) is 5.02 Å². The molecule has 1 atom stereocenters. The molecule has 6 nitrogen and oxygen atoms in total. The minimum absolute atomic E-state index is 0.0403. The van der Waals surface area contributed by atoms with Gasteiger partial charge in [0.15, 0.2) is 0 Å². The van der Waals surface area contributed by atoms with E-state index in [1.807, 2.05) is 16.8 Å². The number of morpholine rings is 1. The van der Waals surface area contributed by atoms with Gasteiger partial charge in [0.1, 0.15) is 10.6 Å². The van der Waals surface area contributed by atoms with E-state index in [2.05, 4.69) is 9.62 Å². The van der Waals surface area contributed by atoms with E-state index in [1.54, 1.807) is 23.5 Å². The molecule has 2 aromatic rings. The topological polar surface area (TPSA) is 67.9 Å². The molecule has 1 aliphatic heterocycles. The minimum atomic E-state index is -3.76. The fraction of sp³-hybridized carbons (Fsp3) is 0.412. The number of benzene rings is 1. The van der Waals surface area contributed by atoms with E-state index in [9.17, 15) is 8.42 Å². The van der Waals surface area contributed by atoms with Crippen LogP contribution in [0.25, 0.3) is 0 Å². The van der Waals surface area contributed by atoms with Gasteiger partial charge in [-0.3, -0.25) is 4.90 Å². The van der Waals surface area contributed by atoms with Crippen molar-refractivity contribution in [2.45, 2.75) is 10.9 Å². The van der Waals surface area contributed by atoms with Crippen LogP contribution >= 0.6 is 22.9 Å². The quantitative estimate of drug-likeness (QED) is 0.751. The standard InChI is InChI=1S/C17H21ClN2O4S2/c1-23-16-3-2-14(18)10-17(16)26(21,22)19-11-15(13-4-9-25-12-13)20-5-7-24-8-6-20/h2-4,9-10,12,15,19H,5-8,11H2,1H3. The van der Waals surface area contributed by atoms with Crippen molar-refractivity contribution in [2.24, 2.45) is 0 Å². The van der Waals surface area contributed by atoms with Crippen LogP contribution in [0.4, 0.5) is 0 Å². The maximum atomic E-state index is 12.8. The van der Waals surface area contributed by atoms with Crippen molar-refractivity contribution < 1.29 is 17.9 Å². The predicted octanol–water partition coefficient (Wildman–Crippen LogP) is 2.76. The van der Waals surface area contributed by atoms with Crippen molar-refractivity contribution in [3.63, 3.8) is 0 Å². The molecule has 0 bridgehead atoms. The zero-order valence-corrected chi connectivity index (χ0v) is 16.7. The van der Waals surface area contributed by atoms with Crippen molar-refractivity contribution in [3.05, 3.63) is 45.6 Å². The number of hydrogen-bond donors (Lipinski definition) is 1. The Labute approximate surface area is 162 Å². The molecule has 1 aliphatic rings. The molecule has 0 saturated carbocycles. The maximum Gasteiger partial charge on any atom is 0.244 e. The molecule has 0 aliphatic carbocycles. The van der Waals surface area contributed by atoms with E-state index in [0.717, 1.165) is 18.7 Å². The Hall–Kier alpha value is -1.16. The van der Waals surface area contributed by atoms with E-state index in [1.165, 1.54) is 13.2 Å². The van der Waals surface area contributed by atoms with Gasteiger partial charge in [0.2, 0.25) is 10.0 Å². The molecule has 2 heterocycles. The van der Waals surface area contributed by atoms with Crippen LogP contribution in [0.1, 0.15) is 11.6 Å². The highest BCUT2D eigenvalue weighted by Gasteiger charge is 2.26. The predicted molar refractivity (Wildman–Crippen MR) is 103 cm³/mol. The van der Waals surface area contributed by atoms with Crippen LogP contribution in [0, 0.1) is 0 Å². The monoisotopic (exact) mass is 416 g/mol. The smallest absolute Gasteiger partial charge is 0.244 e. The molecule has 1 N–H and O–H groups in total. The Bertz CT molecular complexity index is 821. The molecule has 26 heavy (non-hydrogen) atoms. The third-order valence-electron chi connectivity index (χ3n) is 4.30. The van der Waals surface area contributed by atoms with Crippen molar-refractivity contribution >= 4 is 33.0 Å². The number of sulfonamides is 1. The summed E-state index contributed by atoms with van der Waals surface area (Å²) in [6.45, 7) is 3.09. The molecule has 1 aromatic heterocycles. The fourth-order valence-corrected chi connectivity index (χ4v) is 5.11. The minimum Gasteiger partial charge on any atom is -0.495 e. The van der Waals surface area contributed by atoms with E-state index in [0.29, 0.717) is 18.2 Å². The zero-order chi connectivity index (χ0) is 18.6. The van der Waals surface area contributed by atoms with E-state index < -0.39 is 10.0 Å². The number of rotatable bonds is 7. The Morgan fingerprint density at radius 2 is 2.12 bits per heavy atom. The number of ether oxygens (including phenoxy) is 2. The summed E-state index contributed by atoms with van der Waals surface area (Å²) >= 11 is 7.57. The van der Waals surface area contributed by atoms with Gasteiger partial charge in [-0.2, -0.15) is 11.3 Å². The molecule has 1 unspecified atom stereocenters. The van der Waals surface area contributed by atoms with E-state index in [4.69, 9.17) is 21.1 Å². The van der Waals surface area contributed by atoms with Crippen LogP contribution in [0.5, 0.6) is 5.75 Å². The molecule has 142 valence electrons. The number of nitrogens with one attached hydrogen (secondary N) is 1. The Kier molecular flexibility index (Phi) is 6.55. The first kappa shape index (κ1) is 19.6. The second-order valence-electron chi connectivity index (χ2n) is 5.87. The SMILES string of the molecule is COc1ccc(Cl)cc1S(=O)(=O)NCC(c1ccsc1)N1CCOCC1. The second-order valence-corrected chi connectivity index (χ2v) is 8.82. The van der Waals surface area contributed by atoms with Gasteiger partial charge in [0.05, 0.1) is 20.3 Å². The van der Waals surface area contributed by atoms with Gasteiger partial charge >= 0.3 is 0 Å². The molecular weight excluding hydrogens is 396 g/mol. The van der Waals surface area contributed by atoms with E-state index >= 15 is 0 Å². The van der Waals surface area contributed by atoms with Gasteiger partial charge < -0.3 is 9.47 Å². The highest BCUT2D eigenvalue weighted by Crippen LogP contribution is 2.28. The number of hydrogen-bond acceptors (Lipinski definition) is 6. The van der Waals surface area contributed by atoms with Gasteiger partial charge in [-0.25, -0.2) is 13.1 Å². The zero-order valence-electron chi connectivity index (χ0n) is 14.4. The second kappa shape index (κ2) is 8.69. The lowest BCUT2D eigenvalue weighted by molar-refractivity contribution is 0.0173. The van der Waals surface area contributed by atoms with Crippen LogP contribution < -0.4 is 9.46 Å². The van der Waals surface area contributed by atoms with Crippen LogP contribution in [-0.2, 0) is 14.8 Å². The van der Waals surface area contributed by atoms with Gasteiger partial charge in [-0.15, -0.1) is 0 Å². The van der Waals surface area contributed by atoms with Crippen LogP contribution in [-0.4, -0.2) is 53.3 Å². The van der Waals surface area contributed by atoms with Crippen molar-refractivity contribution in [3.8, 4) is 5.75 Å². The summed E-state index contributed by atoms with van der Waals surface area (Å²) in [5.41, 5.74) is 1.10. The summed E-state index contributed by atoms with van der Waals surface area (Å²) < 4.78 is 39.0. The fourth-order valence-electron chi connectivity index (χ4n) is 2.94. The normalized spacial score (nSPS) is 17.2. The summed E-state index contributed by atoms with van der Waals surface area (Å²) in [7, 11) is -2.33. The molecule has 1 fully saturated rings. The lowest BCUT2D eigenvalue weighted by Gasteiger charge is -2.34. The summed E-state index contributed by atoms with van der Waals surface area (Å²) in [6, 6.07) is 6.53. The average Bonchev–Trinajstić information content (AvgIpc) is 3.17. The average molecular weight is 417 g/mol.